The van der Waals surface area contributed by atoms with E-state index in [-0.39, 0.29) is 72.5 Å². The van der Waals surface area contributed by atoms with Gasteiger partial charge in [0.05, 0.1) is 13.2 Å². The molecule has 83 heavy (non-hydrogen) atoms. The predicted octanol–water partition coefficient (Wildman–Crippen LogP) is 21.6. The maximum atomic E-state index is 12.3. The molecule has 0 unspecified atom stereocenters. The number of aromatic hydroxyl groups is 3. The van der Waals surface area contributed by atoms with Gasteiger partial charge in [-0.25, -0.2) is 0 Å². The predicted molar refractivity (Wildman–Crippen MR) is 359 cm³/mol. The van der Waals surface area contributed by atoms with Crippen molar-refractivity contribution in [1.82, 2.24) is 0 Å². The summed E-state index contributed by atoms with van der Waals surface area (Å²) in [5.41, 5.74) is 8.13. The SMILES string of the molecule is C.C.C.CC(=O)CCc1cc(C(C)(C)C)c(O)c(C(C)(C)C)c1.CCCCCCCCCCCCCCCCCCOC(=O)CCc1cc(C(C)(C)C)c(O)c(C(C)(C)C)c1.CCOC(=O)CCc1cc(C(C)(C)C)c(O)c(C(C)(C)C)c1. The summed E-state index contributed by atoms with van der Waals surface area (Å²) in [5, 5.41) is 32.1. The van der Waals surface area contributed by atoms with Crippen LogP contribution in [0.2, 0.25) is 0 Å². The summed E-state index contributed by atoms with van der Waals surface area (Å²) in [7, 11) is 0. The monoisotopic (exact) mass is 1160 g/mol. The molecule has 0 amide bonds. The van der Waals surface area contributed by atoms with Crippen LogP contribution in [0, 0.1) is 0 Å². The Morgan fingerprint density at radius 1 is 0.349 bits per heavy atom. The highest BCUT2D eigenvalue weighted by atomic mass is 16.5. The van der Waals surface area contributed by atoms with Gasteiger partial charge in [0.25, 0.3) is 0 Å². The second-order valence-electron chi connectivity index (χ2n) is 29.1. The summed E-state index contributed by atoms with van der Waals surface area (Å²) in [6.45, 7) is 44.5. The highest BCUT2D eigenvalue weighted by Crippen LogP contribution is 2.43. The molecule has 0 aliphatic carbocycles. The van der Waals surface area contributed by atoms with E-state index in [1.807, 2.05) is 31.2 Å². The van der Waals surface area contributed by atoms with Crippen LogP contribution in [-0.4, -0.2) is 46.3 Å². The molecule has 8 nitrogen and oxygen atoms in total. The minimum atomic E-state index is -0.176. The lowest BCUT2D eigenvalue weighted by Crippen LogP contribution is -2.18. The number of benzene rings is 3. The molecule has 3 aromatic carbocycles. The van der Waals surface area contributed by atoms with Gasteiger partial charge in [0.15, 0.2) is 0 Å². The number of hydrogen-bond donors (Lipinski definition) is 3. The van der Waals surface area contributed by atoms with E-state index in [1.165, 1.54) is 89.9 Å². The summed E-state index contributed by atoms with van der Waals surface area (Å²) >= 11 is 0. The van der Waals surface area contributed by atoms with Gasteiger partial charge in [-0.15, -0.1) is 0 Å². The molecule has 480 valence electrons. The molecule has 0 saturated heterocycles. The lowest BCUT2D eigenvalue weighted by atomic mass is 9.78. The second-order valence-corrected chi connectivity index (χ2v) is 29.1. The first kappa shape index (κ1) is 82.9. The van der Waals surface area contributed by atoms with Crippen LogP contribution in [0.25, 0.3) is 0 Å². The first-order valence-electron chi connectivity index (χ1n) is 31.3. The number of phenolic OH excluding ortho intramolecular Hbond substituents is 3. The first-order valence-corrected chi connectivity index (χ1v) is 31.3. The van der Waals surface area contributed by atoms with E-state index >= 15 is 0 Å². The van der Waals surface area contributed by atoms with Crippen molar-refractivity contribution in [3.8, 4) is 17.2 Å². The Morgan fingerprint density at radius 3 is 0.783 bits per heavy atom. The van der Waals surface area contributed by atoms with E-state index in [0.717, 1.165) is 69.3 Å². The highest BCUT2D eigenvalue weighted by Gasteiger charge is 2.29. The number of carbonyl (C=O) groups excluding carboxylic acids is 3. The summed E-state index contributed by atoms with van der Waals surface area (Å²) in [4.78, 5) is 35.1. The van der Waals surface area contributed by atoms with Crippen molar-refractivity contribution in [2.75, 3.05) is 13.2 Å². The van der Waals surface area contributed by atoms with Crippen molar-refractivity contribution in [2.24, 2.45) is 0 Å². The number of hydrogen-bond acceptors (Lipinski definition) is 8. The van der Waals surface area contributed by atoms with E-state index in [9.17, 15) is 29.7 Å². The number of phenols is 3. The molecule has 0 aromatic heterocycles. The zero-order valence-electron chi connectivity index (χ0n) is 55.3. The molecule has 0 radical (unpaired) electrons. The molecular formula is C75H132O8. The summed E-state index contributed by atoms with van der Waals surface area (Å²) < 4.78 is 10.5. The van der Waals surface area contributed by atoms with Crippen LogP contribution in [0.3, 0.4) is 0 Å². The summed E-state index contributed by atoms with van der Waals surface area (Å²) in [5.74, 6) is 1.07. The smallest absolute Gasteiger partial charge is 0.306 e. The van der Waals surface area contributed by atoms with Gasteiger partial charge in [0.1, 0.15) is 23.0 Å². The molecule has 0 saturated carbocycles. The van der Waals surface area contributed by atoms with Crippen molar-refractivity contribution in [3.05, 3.63) is 86.5 Å². The van der Waals surface area contributed by atoms with E-state index in [1.54, 1.807) is 6.92 Å². The van der Waals surface area contributed by atoms with Crippen LogP contribution in [0.4, 0.5) is 0 Å². The number of ketones is 1. The fraction of sp³-hybridized carbons (Fsp3) is 0.720. The summed E-state index contributed by atoms with van der Waals surface area (Å²) in [6, 6.07) is 12.3. The topological polar surface area (TPSA) is 130 Å². The number of carbonyl (C=O) groups is 3. The fourth-order valence-corrected chi connectivity index (χ4v) is 9.90. The number of Topliss-reactive ketones (excluding diaryl/α,β-unsaturated/α-hetero) is 1. The number of unbranched alkanes of at least 4 members (excludes halogenated alkanes) is 15. The maximum absolute atomic E-state index is 12.3. The average molecular weight is 1160 g/mol. The van der Waals surface area contributed by atoms with Gasteiger partial charge < -0.3 is 29.6 Å². The zero-order valence-corrected chi connectivity index (χ0v) is 55.3. The van der Waals surface area contributed by atoms with Crippen molar-refractivity contribution in [1.29, 1.82) is 0 Å². The van der Waals surface area contributed by atoms with Gasteiger partial charge in [-0.2, -0.15) is 0 Å². The minimum absolute atomic E-state index is 0. The van der Waals surface area contributed by atoms with Gasteiger partial charge in [-0.3, -0.25) is 9.59 Å². The quantitative estimate of drug-likeness (QED) is 0.0508. The zero-order chi connectivity index (χ0) is 61.3. The number of esters is 2. The molecule has 0 heterocycles. The molecule has 8 heteroatoms. The van der Waals surface area contributed by atoms with Crippen molar-refractivity contribution in [3.63, 3.8) is 0 Å². The number of rotatable bonds is 27. The second kappa shape index (κ2) is 38.7. The van der Waals surface area contributed by atoms with Crippen LogP contribution < -0.4 is 0 Å². The Labute approximate surface area is 512 Å². The van der Waals surface area contributed by atoms with Gasteiger partial charge in [0, 0.05) is 19.3 Å². The number of ether oxygens (including phenoxy) is 2. The van der Waals surface area contributed by atoms with Crippen LogP contribution in [0.1, 0.15) is 340 Å². The third-order valence-corrected chi connectivity index (χ3v) is 14.9. The Balaban J connectivity index is -0.00000122. The molecule has 0 spiro atoms. The average Bonchev–Trinajstić information content (AvgIpc) is 3.47. The van der Waals surface area contributed by atoms with Gasteiger partial charge in [0.2, 0.25) is 0 Å². The van der Waals surface area contributed by atoms with Crippen LogP contribution in [0.5, 0.6) is 17.2 Å². The molecule has 0 atom stereocenters. The Bertz CT molecular complexity index is 2200. The first-order chi connectivity index (χ1) is 36.9. The van der Waals surface area contributed by atoms with Crippen molar-refractivity contribution < 1.29 is 39.2 Å². The van der Waals surface area contributed by atoms with E-state index in [2.05, 4.69) is 144 Å². The van der Waals surface area contributed by atoms with E-state index in [4.69, 9.17) is 9.47 Å². The Kier molecular flexibility index (Phi) is 38.6. The van der Waals surface area contributed by atoms with Gasteiger partial charge in [-0.1, -0.05) is 287 Å². The molecule has 0 aliphatic rings. The molecule has 0 bridgehead atoms. The number of aryl methyl sites for hydroxylation is 3. The van der Waals surface area contributed by atoms with Crippen LogP contribution in [0.15, 0.2) is 36.4 Å². The third kappa shape index (κ3) is 32.7. The van der Waals surface area contributed by atoms with Gasteiger partial charge >= 0.3 is 11.9 Å². The molecule has 3 aromatic rings. The normalized spacial score (nSPS) is 11.9. The van der Waals surface area contributed by atoms with Crippen molar-refractivity contribution >= 4 is 17.7 Å². The maximum Gasteiger partial charge on any atom is 0.306 e. The summed E-state index contributed by atoms with van der Waals surface area (Å²) in [6.07, 6.45) is 24.8. The lowest BCUT2D eigenvalue weighted by molar-refractivity contribution is -0.144. The fourth-order valence-electron chi connectivity index (χ4n) is 9.90. The largest absolute Gasteiger partial charge is 0.507 e. The molecule has 0 fully saturated rings. The minimum Gasteiger partial charge on any atom is -0.507 e. The lowest BCUT2D eigenvalue weighted by Gasteiger charge is -2.28. The molecule has 3 rings (SSSR count). The molecular weight excluding hydrogens is 1030 g/mol. The van der Waals surface area contributed by atoms with Gasteiger partial charge in [-0.05, 0) is 122 Å². The van der Waals surface area contributed by atoms with E-state index < -0.39 is 0 Å². The van der Waals surface area contributed by atoms with Crippen LogP contribution >= 0.6 is 0 Å². The molecule has 3 N–H and O–H groups in total. The Morgan fingerprint density at radius 2 is 0.566 bits per heavy atom. The van der Waals surface area contributed by atoms with Crippen LogP contribution in [-0.2, 0) is 75.6 Å². The highest BCUT2D eigenvalue weighted by molar-refractivity contribution is 5.75. The van der Waals surface area contributed by atoms with Crippen molar-refractivity contribution in [2.45, 2.75) is 341 Å². The van der Waals surface area contributed by atoms with E-state index in [0.29, 0.717) is 62.6 Å². The Hall–Kier alpha value is -4.33. The third-order valence-electron chi connectivity index (χ3n) is 14.9. The molecule has 0 aliphatic heterocycles. The standard InChI is InChI=1S/C35H62O3.C19H30O3.C18H28O2.3CH4/c1-8-9-10-11-12-13-14-15-16-17-18-19-20-21-22-23-26-38-32(36)25-24-29-27-30(34(2,3)4)33(37)31(28-29)35(5,6)7;1-8-22-16(20)10-9-13-11-14(18(2,3)4)17(21)15(12-13)19(5,6)7;1-12(19)8-9-13-10-14(17(2,3)4)16(20)15(11-13)18(5,6)7;;;/h27-28,37H,8-26H2,1-7H3;11-12,21H,8-10H2,1-7H3;10-11,20H,8-9H2,1-7H3;3*1H4.